The lowest BCUT2D eigenvalue weighted by Crippen LogP contribution is -2.55. The molecule has 0 spiro atoms. The zero-order chi connectivity index (χ0) is 24.9. The molecule has 0 bridgehead atoms. The fraction of sp³-hybridized carbons (Fsp3) is 0.565. The Hall–Kier alpha value is -2.99. The number of urea groups is 1. The van der Waals surface area contributed by atoms with Crippen molar-refractivity contribution in [2.24, 2.45) is 0 Å². The maximum absolute atomic E-state index is 14.8. The molecule has 0 unspecified atom stereocenters. The zero-order valence-corrected chi connectivity index (χ0v) is 21.1. The Balaban J connectivity index is 1.35. The van der Waals surface area contributed by atoms with Crippen LogP contribution in [-0.4, -0.2) is 90.5 Å². The maximum atomic E-state index is 14.8. The number of hydrogen-bond acceptors (Lipinski definition) is 8. The normalized spacial score (nSPS) is 21.4. The number of thiazole rings is 1. The molecule has 2 N–H and O–H groups in total. The molecule has 0 aromatic carbocycles. The highest BCUT2D eigenvalue weighted by Crippen LogP contribution is 2.26. The van der Waals surface area contributed by atoms with Crippen molar-refractivity contribution in [1.29, 1.82) is 0 Å². The van der Waals surface area contributed by atoms with Gasteiger partial charge in [-0.3, -0.25) is 10.6 Å². The van der Waals surface area contributed by atoms with Gasteiger partial charge in [-0.15, -0.1) is 11.3 Å². The lowest BCUT2D eigenvalue weighted by molar-refractivity contribution is 0.0662. The smallest absolute Gasteiger partial charge is 0.411 e. The van der Waals surface area contributed by atoms with Crippen LogP contribution in [0, 0.1) is 6.92 Å². The van der Waals surface area contributed by atoms with Gasteiger partial charge in [0.1, 0.15) is 18.1 Å². The SMILES string of the molecule is Cc1cnc(NC(=O)N(C)[C@H]2CN(c3cc(NC(=O)OC4CCN(C)CC4)ccn3)CC[C@H]2F)s1. The second kappa shape index (κ2) is 11.2. The van der Waals surface area contributed by atoms with Crippen LogP contribution < -0.4 is 15.5 Å². The number of likely N-dealkylation sites (tertiary alicyclic amines) is 1. The topological polar surface area (TPSA) is 103 Å². The van der Waals surface area contributed by atoms with Gasteiger partial charge in [0, 0.05) is 62.3 Å². The highest BCUT2D eigenvalue weighted by Gasteiger charge is 2.35. The van der Waals surface area contributed by atoms with Crippen molar-refractivity contribution in [3.05, 3.63) is 29.4 Å². The third-order valence-electron chi connectivity index (χ3n) is 6.41. The number of pyridine rings is 1. The van der Waals surface area contributed by atoms with Gasteiger partial charge in [0.15, 0.2) is 5.13 Å². The number of rotatable bonds is 5. The summed E-state index contributed by atoms with van der Waals surface area (Å²) in [6.07, 6.45) is 3.41. The third-order valence-corrected chi connectivity index (χ3v) is 7.24. The molecule has 2 aromatic heterocycles. The number of carbonyl (C=O) groups is 2. The molecule has 2 saturated heterocycles. The van der Waals surface area contributed by atoms with E-state index in [-0.39, 0.29) is 19.1 Å². The number of alkyl halides is 1. The Morgan fingerprint density at radius 1 is 1.20 bits per heavy atom. The second-order valence-electron chi connectivity index (χ2n) is 9.07. The summed E-state index contributed by atoms with van der Waals surface area (Å²) in [5.41, 5.74) is 0.553. The largest absolute Gasteiger partial charge is 0.446 e. The van der Waals surface area contributed by atoms with Crippen LogP contribution in [0.25, 0.3) is 0 Å². The van der Waals surface area contributed by atoms with E-state index in [0.29, 0.717) is 23.2 Å². The van der Waals surface area contributed by atoms with E-state index in [2.05, 4.69) is 32.5 Å². The molecule has 0 radical (unpaired) electrons. The number of anilines is 3. The van der Waals surface area contributed by atoms with Crippen molar-refractivity contribution in [3.8, 4) is 0 Å². The third kappa shape index (κ3) is 6.57. The Bertz CT molecular complexity index is 1030. The molecule has 4 rings (SSSR count). The summed E-state index contributed by atoms with van der Waals surface area (Å²) >= 11 is 1.36. The molecule has 3 amide bonds. The van der Waals surface area contributed by atoms with E-state index >= 15 is 0 Å². The summed E-state index contributed by atoms with van der Waals surface area (Å²) in [5.74, 6) is 0.600. The van der Waals surface area contributed by atoms with Crippen molar-refractivity contribution in [3.63, 3.8) is 0 Å². The minimum atomic E-state index is -1.16. The molecule has 12 heteroatoms. The summed E-state index contributed by atoms with van der Waals surface area (Å²) in [6, 6.07) is 2.37. The molecule has 2 aliphatic rings. The van der Waals surface area contributed by atoms with Crippen LogP contribution in [-0.2, 0) is 4.74 Å². The first-order chi connectivity index (χ1) is 16.8. The summed E-state index contributed by atoms with van der Waals surface area (Å²) in [4.78, 5) is 40.1. The minimum absolute atomic E-state index is 0.0909. The molecular weight excluding hydrogens is 473 g/mol. The maximum Gasteiger partial charge on any atom is 0.411 e. The number of amides is 3. The first-order valence-electron chi connectivity index (χ1n) is 11.8. The predicted molar refractivity (Wildman–Crippen MR) is 134 cm³/mol. The van der Waals surface area contributed by atoms with Gasteiger partial charge in [0.05, 0.1) is 6.04 Å². The quantitative estimate of drug-likeness (QED) is 0.640. The van der Waals surface area contributed by atoms with E-state index in [4.69, 9.17) is 4.74 Å². The first kappa shape index (κ1) is 25.1. The van der Waals surface area contributed by atoms with Crippen LogP contribution in [0.2, 0.25) is 0 Å². The highest BCUT2D eigenvalue weighted by atomic mass is 32.1. The molecule has 190 valence electrons. The van der Waals surface area contributed by atoms with Gasteiger partial charge in [-0.05, 0) is 39.3 Å². The number of hydrogen-bond donors (Lipinski definition) is 2. The zero-order valence-electron chi connectivity index (χ0n) is 20.2. The molecule has 4 heterocycles. The summed E-state index contributed by atoms with van der Waals surface area (Å²) in [6.45, 7) is 4.43. The van der Waals surface area contributed by atoms with Gasteiger partial charge in [0.25, 0.3) is 0 Å². The van der Waals surface area contributed by atoms with Crippen LogP contribution in [0.5, 0.6) is 0 Å². The molecule has 35 heavy (non-hydrogen) atoms. The van der Waals surface area contributed by atoms with Crippen LogP contribution in [0.4, 0.5) is 30.6 Å². The number of aryl methyl sites for hydroxylation is 1. The molecule has 0 saturated carbocycles. The van der Waals surface area contributed by atoms with Crippen molar-refractivity contribution >= 4 is 40.1 Å². The first-order valence-corrected chi connectivity index (χ1v) is 12.6. The van der Waals surface area contributed by atoms with Gasteiger partial charge in [0.2, 0.25) is 0 Å². The number of piperidine rings is 2. The number of aromatic nitrogens is 2. The van der Waals surface area contributed by atoms with Crippen LogP contribution in [0.15, 0.2) is 24.5 Å². The molecule has 10 nitrogen and oxygen atoms in total. The average Bonchev–Trinajstić information content (AvgIpc) is 3.25. The standard InChI is InChI=1S/C23H32FN7O3S/c1-15-13-26-21(35-15)28-22(32)30(3)19-14-31(11-7-18(19)24)20-12-16(4-8-25-20)27-23(33)34-17-5-9-29(2)10-6-17/h4,8,12-13,17-19H,5-7,9-11,14H2,1-3H3,(H,25,27,33)(H,26,28,32)/t18-,19+/m1/s1. The number of nitrogens with zero attached hydrogens (tertiary/aromatic N) is 5. The molecule has 2 aliphatic heterocycles. The average molecular weight is 506 g/mol. The molecular formula is C23H32FN7O3S. The van der Waals surface area contributed by atoms with E-state index < -0.39 is 24.3 Å². The van der Waals surface area contributed by atoms with Crippen molar-refractivity contribution in [2.45, 2.75) is 44.5 Å². The van der Waals surface area contributed by atoms with Crippen LogP contribution in [0.1, 0.15) is 24.1 Å². The minimum Gasteiger partial charge on any atom is -0.446 e. The molecule has 2 atom stereocenters. The van der Waals surface area contributed by atoms with Crippen molar-refractivity contribution in [1.82, 2.24) is 19.8 Å². The fourth-order valence-electron chi connectivity index (χ4n) is 4.29. The van der Waals surface area contributed by atoms with E-state index in [1.807, 2.05) is 11.8 Å². The molecule has 0 aliphatic carbocycles. The van der Waals surface area contributed by atoms with Gasteiger partial charge in [-0.1, -0.05) is 0 Å². The number of carbonyl (C=O) groups excluding carboxylic acids is 2. The summed E-state index contributed by atoms with van der Waals surface area (Å²) in [5, 5.41) is 5.99. The Morgan fingerprint density at radius 2 is 1.97 bits per heavy atom. The lowest BCUT2D eigenvalue weighted by Gasteiger charge is -2.40. The van der Waals surface area contributed by atoms with E-state index in [9.17, 15) is 14.0 Å². The van der Waals surface area contributed by atoms with Gasteiger partial charge >= 0.3 is 12.1 Å². The molecule has 2 fully saturated rings. The van der Waals surface area contributed by atoms with Crippen LogP contribution in [0.3, 0.4) is 0 Å². The van der Waals surface area contributed by atoms with Gasteiger partial charge in [-0.25, -0.2) is 23.9 Å². The van der Waals surface area contributed by atoms with E-state index in [1.54, 1.807) is 31.6 Å². The predicted octanol–water partition coefficient (Wildman–Crippen LogP) is 3.57. The van der Waals surface area contributed by atoms with Crippen LogP contribution >= 0.6 is 11.3 Å². The van der Waals surface area contributed by atoms with Gasteiger partial charge < -0.3 is 19.4 Å². The number of nitrogens with one attached hydrogen (secondary N) is 2. The summed E-state index contributed by atoms with van der Waals surface area (Å²) < 4.78 is 20.4. The Labute approximate surface area is 208 Å². The molecule has 2 aromatic rings. The van der Waals surface area contributed by atoms with E-state index in [1.165, 1.54) is 16.2 Å². The highest BCUT2D eigenvalue weighted by molar-refractivity contribution is 7.15. The summed E-state index contributed by atoms with van der Waals surface area (Å²) in [7, 11) is 3.64. The monoisotopic (exact) mass is 505 g/mol. The van der Waals surface area contributed by atoms with Crippen molar-refractivity contribution < 1.29 is 18.7 Å². The van der Waals surface area contributed by atoms with E-state index in [0.717, 1.165) is 30.8 Å². The number of ether oxygens (including phenoxy) is 1. The fourth-order valence-corrected chi connectivity index (χ4v) is 4.94. The number of halogens is 1. The Kier molecular flexibility index (Phi) is 8.01. The second-order valence-corrected chi connectivity index (χ2v) is 10.3. The number of likely N-dealkylation sites (N-methyl/N-ethyl adjacent to an activating group) is 1. The van der Waals surface area contributed by atoms with Gasteiger partial charge in [-0.2, -0.15) is 0 Å². The van der Waals surface area contributed by atoms with Crippen molar-refractivity contribution in [2.75, 3.05) is 55.8 Å². The Morgan fingerprint density at radius 3 is 2.69 bits per heavy atom. The lowest BCUT2D eigenvalue weighted by atomic mass is 10.0.